The highest BCUT2D eigenvalue weighted by Gasteiger charge is 2.31. The Labute approximate surface area is 146 Å². The van der Waals surface area contributed by atoms with E-state index in [0.717, 1.165) is 47.9 Å². The molecule has 4 nitrogen and oxygen atoms in total. The van der Waals surface area contributed by atoms with Crippen molar-refractivity contribution in [2.45, 2.75) is 45.1 Å². The van der Waals surface area contributed by atoms with Gasteiger partial charge in [0.15, 0.2) is 0 Å². The summed E-state index contributed by atoms with van der Waals surface area (Å²) < 4.78 is 5.45. The van der Waals surface area contributed by atoms with E-state index in [0.29, 0.717) is 12.3 Å². The van der Waals surface area contributed by atoms with Gasteiger partial charge in [0.05, 0.1) is 12.1 Å². The number of carbonyl (C=O) groups excluding carboxylic acids is 1. The maximum Gasteiger partial charge on any atom is 0.231 e. The number of benzene rings is 1. The normalized spacial score (nSPS) is 18.5. The first-order valence-electron chi connectivity index (χ1n) is 8.62. The molecule has 1 amide bonds. The third-order valence-electron chi connectivity index (χ3n) is 4.92. The van der Waals surface area contributed by atoms with Gasteiger partial charge in [0.2, 0.25) is 5.91 Å². The molecule has 126 valence electrons. The minimum atomic E-state index is 0.183. The van der Waals surface area contributed by atoms with Crippen molar-refractivity contribution in [3.05, 3.63) is 34.8 Å². The SMILES string of the molecule is CC(C)N1C(=O)Cc2c(-c3nc(C4CCOCC4)cs3)cccc21. The van der Waals surface area contributed by atoms with E-state index >= 15 is 0 Å². The van der Waals surface area contributed by atoms with Gasteiger partial charge in [0, 0.05) is 41.8 Å². The van der Waals surface area contributed by atoms with Crippen LogP contribution in [0.25, 0.3) is 10.6 Å². The predicted octanol–water partition coefficient (Wildman–Crippen LogP) is 4.00. The van der Waals surface area contributed by atoms with Gasteiger partial charge in [0.25, 0.3) is 0 Å². The number of aromatic nitrogens is 1. The summed E-state index contributed by atoms with van der Waals surface area (Å²) in [6.45, 7) is 5.78. The molecule has 0 radical (unpaired) electrons. The van der Waals surface area contributed by atoms with Crippen LogP contribution >= 0.6 is 11.3 Å². The van der Waals surface area contributed by atoms with Crippen LogP contribution < -0.4 is 4.90 Å². The van der Waals surface area contributed by atoms with Crippen LogP contribution in [0.3, 0.4) is 0 Å². The molecule has 3 heterocycles. The predicted molar refractivity (Wildman–Crippen MR) is 96.7 cm³/mol. The molecular weight excluding hydrogens is 320 g/mol. The van der Waals surface area contributed by atoms with Gasteiger partial charge in [-0.2, -0.15) is 0 Å². The van der Waals surface area contributed by atoms with E-state index in [2.05, 4.69) is 31.4 Å². The minimum Gasteiger partial charge on any atom is -0.381 e. The van der Waals surface area contributed by atoms with Crippen LogP contribution in [-0.2, 0) is 16.0 Å². The van der Waals surface area contributed by atoms with Crippen molar-refractivity contribution in [3.63, 3.8) is 0 Å². The van der Waals surface area contributed by atoms with Crippen molar-refractivity contribution < 1.29 is 9.53 Å². The zero-order valence-corrected chi connectivity index (χ0v) is 14.9. The van der Waals surface area contributed by atoms with Crippen LogP contribution in [0.15, 0.2) is 23.6 Å². The fourth-order valence-electron chi connectivity index (χ4n) is 3.71. The van der Waals surface area contributed by atoms with Gasteiger partial charge in [-0.3, -0.25) is 4.79 Å². The standard InChI is InChI=1S/C19H22N2O2S/c1-12(2)21-17-5-3-4-14(15(17)10-18(21)22)19-20-16(11-24-19)13-6-8-23-9-7-13/h3-5,11-13H,6-10H2,1-2H3. The van der Waals surface area contributed by atoms with Gasteiger partial charge in [0.1, 0.15) is 5.01 Å². The monoisotopic (exact) mass is 342 g/mol. The number of ether oxygens (including phenoxy) is 1. The van der Waals surface area contributed by atoms with Crippen LogP contribution in [0, 0.1) is 0 Å². The van der Waals surface area contributed by atoms with E-state index in [1.54, 1.807) is 11.3 Å². The Morgan fingerprint density at radius 2 is 2.08 bits per heavy atom. The van der Waals surface area contributed by atoms with Crippen LogP contribution in [0.4, 0.5) is 5.69 Å². The van der Waals surface area contributed by atoms with Crippen molar-refractivity contribution >= 4 is 22.9 Å². The highest BCUT2D eigenvalue weighted by Crippen LogP contribution is 2.40. The molecule has 5 heteroatoms. The van der Waals surface area contributed by atoms with E-state index in [-0.39, 0.29) is 11.9 Å². The zero-order chi connectivity index (χ0) is 16.7. The lowest BCUT2D eigenvalue weighted by Crippen LogP contribution is -2.33. The number of rotatable bonds is 3. The Morgan fingerprint density at radius 3 is 2.83 bits per heavy atom. The molecule has 0 unspecified atom stereocenters. The average Bonchev–Trinajstić information content (AvgIpc) is 3.19. The Balaban J connectivity index is 1.69. The number of fused-ring (bicyclic) bond motifs is 1. The Kier molecular flexibility index (Phi) is 4.14. The number of anilines is 1. The summed E-state index contributed by atoms with van der Waals surface area (Å²) in [5.41, 5.74) is 4.48. The molecule has 0 spiro atoms. The molecule has 0 saturated carbocycles. The van der Waals surface area contributed by atoms with Crippen molar-refractivity contribution in [2.24, 2.45) is 0 Å². The Bertz CT molecular complexity index is 762. The molecule has 1 saturated heterocycles. The van der Waals surface area contributed by atoms with E-state index in [1.807, 2.05) is 11.0 Å². The summed E-state index contributed by atoms with van der Waals surface area (Å²) in [4.78, 5) is 19.2. The van der Waals surface area contributed by atoms with E-state index < -0.39 is 0 Å². The zero-order valence-electron chi connectivity index (χ0n) is 14.1. The van der Waals surface area contributed by atoms with Crippen molar-refractivity contribution in [3.8, 4) is 10.6 Å². The molecule has 24 heavy (non-hydrogen) atoms. The van der Waals surface area contributed by atoms with E-state index in [1.165, 1.54) is 5.69 Å². The second kappa shape index (κ2) is 6.30. The summed E-state index contributed by atoms with van der Waals surface area (Å²) in [7, 11) is 0. The molecule has 0 N–H and O–H groups in total. The van der Waals surface area contributed by atoms with Crippen molar-refractivity contribution in [1.29, 1.82) is 0 Å². The first-order valence-corrected chi connectivity index (χ1v) is 9.50. The second-order valence-electron chi connectivity index (χ2n) is 6.80. The van der Waals surface area contributed by atoms with Crippen LogP contribution in [0.1, 0.15) is 43.9 Å². The topological polar surface area (TPSA) is 42.4 Å². The molecule has 4 rings (SSSR count). The summed E-state index contributed by atoms with van der Waals surface area (Å²) in [6, 6.07) is 6.37. The maximum absolute atomic E-state index is 12.4. The van der Waals surface area contributed by atoms with Gasteiger partial charge >= 0.3 is 0 Å². The molecule has 1 aromatic carbocycles. The van der Waals surface area contributed by atoms with Crippen LogP contribution in [0.5, 0.6) is 0 Å². The van der Waals surface area contributed by atoms with Gasteiger partial charge < -0.3 is 9.64 Å². The Morgan fingerprint density at radius 1 is 1.29 bits per heavy atom. The fourth-order valence-corrected chi connectivity index (χ4v) is 4.67. The molecule has 1 fully saturated rings. The van der Waals surface area contributed by atoms with E-state index in [9.17, 15) is 4.79 Å². The fraction of sp³-hybridized carbons (Fsp3) is 0.474. The Hall–Kier alpha value is -1.72. The summed E-state index contributed by atoms with van der Waals surface area (Å²) in [6.07, 6.45) is 2.58. The summed E-state index contributed by atoms with van der Waals surface area (Å²) in [5, 5.41) is 3.22. The minimum absolute atomic E-state index is 0.183. The average molecular weight is 342 g/mol. The summed E-state index contributed by atoms with van der Waals surface area (Å²) in [5.74, 6) is 0.697. The molecule has 1 aromatic heterocycles. The molecule has 0 atom stereocenters. The lowest BCUT2D eigenvalue weighted by molar-refractivity contribution is -0.117. The number of nitrogens with zero attached hydrogens (tertiary/aromatic N) is 2. The highest BCUT2D eigenvalue weighted by atomic mass is 32.1. The number of hydrogen-bond acceptors (Lipinski definition) is 4. The second-order valence-corrected chi connectivity index (χ2v) is 7.66. The van der Waals surface area contributed by atoms with Gasteiger partial charge in [-0.05, 0) is 38.3 Å². The van der Waals surface area contributed by atoms with Crippen molar-refractivity contribution in [1.82, 2.24) is 4.98 Å². The van der Waals surface area contributed by atoms with E-state index in [4.69, 9.17) is 9.72 Å². The largest absolute Gasteiger partial charge is 0.381 e. The molecule has 2 aliphatic heterocycles. The van der Waals surface area contributed by atoms with Crippen LogP contribution in [-0.4, -0.2) is 30.1 Å². The quantitative estimate of drug-likeness (QED) is 0.847. The lowest BCUT2D eigenvalue weighted by atomic mass is 9.97. The maximum atomic E-state index is 12.4. The lowest BCUT2D eigenvalue weighted by Gasteiger charge is -2.22. The molecule has 2 aliphatic rings. The first kappa shape index (κ1) is 15.8. The number of amides is 1. The number of thiazole rings is 1. The van der Waals surface area contributed by atoms with Gasteiger partial charge in [-0.1, -0.05) is 12.1 Å². The third kappa shape index (κ3) is 2.66. The van der Waals surface area contributed by atoms with Crippen molar-refractivity contribution in [2.75, 3.05) is 18.1 Å². The smallest absolute Gasteiger partial charge is 0.231 e. The molecule has 2 aromatic rings. The number of carbonyl (C=O) groups is 1. The number of hydrogen-bond donors (Lipinski definition) is 0. The molecular formula is C19H22N2O2S. The highest BCUT2D eigenvalue weighted by molar-refractivity contribution is 7.13. The van der Waals surface area contributed by atoms with Gasteiger partial charge in [-0.15, -0.1) is 11.3 Å². The molecule has 0 bridgehead atoms. The summed E-state index contributed by atoms with van der Waals surface area (Å²) >= 11 is 1.69. The van der Waals surface area contributed by atoms with Crippen LogP contribution in [0.2, 0.25) is 0 Å². The first-order chi connectivity index (χ1) is 11.6. The molecule has 0 aliphatic carbocycles. The third-order valence-corrected chi connectivity index (χ3v) is 5.81. The van der Waals surface area contributed by atoms with Gasteiger partial charge in [-0.25, -0.2) is 4.98 Å².